The van der Waals surface area contributed by atoms with Crippen LogP contribution >= 0.6 is 11.6 Å². The molecule has 1 unspecified atom stereocenters. The Hall–Kier alpha value is -3.02. The minimum Gasteiger partial charge on any atom is -0.497 e. The first-order valence-corrected chi connectivity index (χ1v) is 12.0. The molecule has 176 valence electrons. The zero-order chi connectivity index (χ0) is 23.8. The number of anilines is 2. The van der Waals surface area contributed by atoms with E-state index in [-0.39, 0.29) is 53.8 Å². The topological polar surface area (TPSA) is 117 Å². The number of benzene rings is 2. The molecule has 12 heteroatoms. The van der Waals surface area contributed by atoms with Crippen LogP contribution < -0.4 is 20.1 Å². The van der Waals surface area contributed by atoms with Gasteiger partial charge < -0.3 is 25.0 Å². The molecule has 2 N–H and O–H groups in total. The Bertz CT molecular complexity index is 1200. The number of rotatable bonds is 4. The molecule has 1 atom stereocenters. The van der Waals surface area contributed by atoms with Crippen LogP contribution in [0.15, 0.2) is 41.3 Å². The molecule has 2 aromatic carbocycles. The zero-order valence-corrected chi connectivity index (χ0v) is 19.6. The zero-order valence-electron chi connectivity index (χ0n) is 18.0. The van der Waals surface area contributed by atoms with Crippen LogP contribution in [0.4, 0.5) is 16.2 Å². The molecule has 10 nitrogen and oxygen atoms in total. The lowest BCUT2D eigenvalue weighted by atomic mass is 10.2. The number of halogens is 1. The second-order valence-electron chi connectivity index (χ2n) is 7.58. The van der Waals surface area contributed by atoms with Gasteiger partial charge in [0, 0.05) is 44.0 Å². The number of amides is 3. The summed E-state index contributed by atoms with van der Waals surface area (Å²) in [6, 6.07) is 9.33. The number of nitrogens with one attached hydrogen (secondary N) is 2. The Morgan fingerprint density at radius 1 is 1.21 bits per heavy atom. The molecule has 0 aromatic heterocycles. The van der Waals surface area contributed by atoms with Gasteiger partial charge in [-0.15, -0.1) is 0 Å². The largest absolute Gasteiger partial charge is 0.497 e. The van der Waals surface area contributed by atoms with E-state index < -0.39 is 16.1 Å². The van der Waals surface area contributed by atoms with Crippen molar-refractivity contribution >= 4 is 44.9 Å². The fourth-order valence-corrected chi connectivity index (χ4v) is 5.52. The van der Waals surface area contributed by atoms with Gasteiger partial charge in [0.1, 0.15) is 16.4 Å². The highest BCUT2D eigenvalue weighted by Crippen LogP contribution is 2.38. The van der Waals surface area contributed by atoms with Crippen molar-refractivity contribution in [3.05, 3.63) is 41.4 Å². The van der Waals surface area contributed by atoms with Gasteiger partial charge in [-0.3, -0.25) is 4.79 Å². The molecule has 1 saturated heterocycles. The second-order valence-corrected chi connectivity index (χ2v) is 9.89. The van der Waals surface area contributed by atoms with E-state index in [1.807, 2.05) is 0 Å². The van der Waals surface area contributed by atoms with Gasteiger partial charge in [0.25, 0.3) is 5.91 Å². The molecule has 2 heterocycles. The van der Waals surface area contributed by atoms with Crippen molar-refractivity contribution in [3.8, 4) is 11.5 Å². The van der Waals surface area contributed by atoms with E-state index in [0.717, 1.165) is 0 Å². The Morgan fingerprint density at radius 3 is 2.64 bits per heavy atom. The first-order chi connectivity index (χ1) is 15.7. The van der Waals surface area contributed by atoms with Gasteiger partial charge in [0.2, 0.25) is 10.0 Å². The van der Waals surface area contributed by atoms with E-state index in [0.29, 0.717) is 17.1 Å². The molecule has 0 bridgehead atoms. The van der Waals surface area contributed by atoms with E-state index in [2.05, 4.69) is 10.6 Å². The summed E-state index contributed by atoms with van der Waals surface area (Å²) in [4.78, 5) is 25.8. The average molecular weight is 495 g/mol. The summed E-state index contributed by atoms with van der Waals surface area (Å²) in [5.41, 5.74) is 0.901. The van der Waals surface area contributed by atoms with E-state index in [1.165, 1.54) is 23.5 Å². The van der Waals surface area contributed by atoms with Crippen molar-refractivity contribution < 1.29 is 27.5 Å². The van der Waals surface area contributed by atoms with Gasteiger partial charge in [0.05, 0.1) is 17.8 Å². The molecular weight excluding hydrogens is 472 g/mol. The predicted octanol–water partition coefficient (Wildman–Crippen LogP) is 2.61. The van der Waals surface area contributed by atoms with Gasteiger partial charge in [-0.2, -0.15) is 4.31 Å². The SMILES string of the molecule is COc1cccc(NC(=O)N2CCN(S(=O)(=O)c3cc4c(cc3Cl)NC(=O)C(C)O4)CC2)c1. The lowest BCUT2D eigenvalue weighted by molar-refractivity contribution is -0.122. The smallest absolute Gasteiger partial charge is 0.321 e. The van der Waals surface area contributed by atoms with Crippen LogP contribution in [-0.2, 0) is 14.8 Å². The maximum Gasteiger partial charge on any atom is 0.321 e. The van der Waals surface area contributed by atoms with E-state index in [9.17, 15) is 18.0 Å². The Labute approximate surface area is 196 Å². The summed E-state index contributed by atoms with van der Waals surface area (Å²) in [6.45, 7) is 2.20. The van der Waals surface area contributed by atoms with Gasteiger partial charge in [0.15, 0.2) is 6.10 Å². The minimum absolute atomic E-state index is 0.0228. The number of carbonyl (C=O) groups is 2. The number of hydrogen-bond donors (Lipinski definition) is 2. The van der Waals surface area contributed by atoms with Crippen molar-refractivity contribution in [3.63, 3.8) is 0 Å². The van der Waals surface area contributed by atoms with Crippen LogP contribution in [0.5, 0.6) is 11.5 Å². The van der Waals surface area contributed by atoms with Crippen LogP contribution in [0.25, 0.3) is 0 Å². The Balaban J connectivity index is 1.44. The average Bonchev–Trinajstić information content (AvgIpc) is 2.80. The summed E-state index contributed by atoms with van der Waals surface area (Å²) < 4.78 is 38.4. The molecule has 0 spiro atoms. The van der Waals surface area contributed by atoms with E-state index in [4.69, 9.17) is 21.1 Å². The molecule has 33 heavy (non-hydrogen) atoms. The summed E-state index contributed by atoms with van der Waals surface area (Å²) >= 11 is 6.25. The highest BCUT2D eigenvalue weighted by atomic mass is 35.5. The fourth-order valence-electron chi connectivity index (χ4n) is 3.58. The summed E-state index contributed by atoms with van der Waals surface area (Å²) in [6.07, 6.45) is -0.749. The number of fused-ring (bicyclic) bond motifs is 1. The maximum absolute atomic E-state index is 13.2. The van der Waals surface area contributed by atoms with Crippen LogP contribution in [0.1, 0.15) is 6.92 Å². The molecule has 0 saturated carbocycles. The molecule has 4 rings (SSSR count). The van der Waals surface area contributed by atoms with E-state index in [1.54, 1.807) is 36.1 Å². The lowest BCUT2D eigenvalue weighted by Crippen LogP contribution is -2.51. The van der Waals surface area contributed by atoms with Crippen LogP contribution in [-0.4, -0.2) is 69.0 Å². The number of nitrogens with zero attached hydrogens (tertiary/aromatic N) is 2. The Morgan fingerprint density at radius 2 is 1.94 bits per heavy atom. The molecule has 2 aliphatic heterocycles. The lowest BCUT2D eigenvalue weighted by Gasteiger charge is -2.34. The summed E-state index contributed by atoms with van der Waals surface area (Å²) in [5.74, 6) is 0.516. The van der Waals surface area contributed by atoms with Crippen LogP contribution in [0, 0.1) is 0 Å². The number of urea groups is 1. The van der Waals surface area contributed by atoms with Gasteiger partial charge >= 0.3 is 6.03 Å². The third kappa shape index (κ3) is 4.70. The summed E-state index contributed by atoms with van der Waals surface area (Å²) in [5, 5.41) is 5.40. The van der Waals surface area contributed by atoms with E-state index >= 15 is 0 Å². The highest BCUT2D eigenvalue weighted by molar-refractivity contribution is 7.89. The number of sulfonamides is 1. The number of piperazine rings is 1. The normalized spacial score (nSPS) is 18.7. The number of carbonyl (C=O) groups excluding carboxylic acids is 2. The first kappa shape index (κ1) is 23.1. The van der Waals surface area contributed by atoms with Gasteiger partial charge in [-0.05, 0) is 25.1 Å². The van der Waals surface area contributed by atoms with Crippen LogP contribution in [0.2, 0.25) is 5.02 Å². The standard InChI is InChI=1S/C21H23ClN4O6S/c1-13-20(27)24-17-11-16(22)19(12-18(17)32-13)33(29,30)26-8-6-25(7-9-26)21(28)23-14-4-3-5-15(10-14)31-2/h3-5,10-13H,6-9H2,1-2H3,(H,23,28)(H,24,27). The number of hydrogen-bond acceptors (Lipinski definition) is 6. The monoisotopic (exact) mass is 494 g/mol. The molecular formula is C21H23ClN4O6S. The molecule has 0 aliphatic carbocycles. The van der Waals surface area contributed by atoms with Crippen molar-refractivity contribution in [1.29, 1.82) is 0 Å². The Kier molecular flexibility index (Phi) is 6.37. The highest BCUT2D eigenvalue weighted by Gasteiger charge is 2.34. The van der Waals surface area contributed by atoms with Crippen molar-refractivity contribution in [2.45, 2.75) is 17.9 Å². The first-order valence-electron chi connectivity index (χ1n) is 10.2. The molecule has 3 amide bonds. The predicted molar refractivity (Wildman–Crippen MR) is 123 cm³/mol. The molecule has 0 radical (unpaired) electrons. The fraction of sp³-hybridized carbons (Fsp3) is 0.333. The second kappa shape index (κ2) is 9.08. The van der Waals surface area contributed by atoms with Crippen molar-refractivity contribution in [1.82, 2.24) is 9.21 Å². The van der Waals surface area contributed by atoms with Crippen LogP contribution in [0.3, 0.4) is 0 Å². The van der Waals surface area contributed by atoms with Gasteiger partial charge in [-0.1, -0.05) is 17.7 Å². The van der Waals surface area contributed by atoms with Crippen molar-refractivity contribution in [2.75, 3.05) is 43.9 Å². The van der Waals surface area contributed by atoms with Crippen molar-refractivity contribution in [2.24, 2.45) is 0 Å². The quantitative estimate of drug-likeness (QED) is 0.674. The third-order valence-electron chi connectivity index (χ3n) is 5.43. The number of ether oxygens (including phenoxy) is 2. The minimum atomic E-state index is -3.94. The molecule has 2 aromatic rings. The number of methoxy groups -OCH3 is 1. The van der Waals surface area contributed by atoms with Gasteiger partial charge in [-0.25, -0.2) is 13.2 Å². The maximum atomic E-state index is 13.2. The molecule has 2 aliphatic rings. The molecule has 1 fully saturated rings. The third-order valence-corrected chi connectivity index (χ3v) is 7.79. The summed E-state index contributed by atoms with van der Waals surface area (Å²) in [7, 11) is -2.40.